The number of thioether (sulfide) groups is 2. The molecule has 2 aliphatic heterocycles. The number of amides is 1. The molecule has 0 saturated carbocycles. The van der Waals surface area contributed by atoms with Crippen LogP contribution in [0.3, 0.4) is 0 Å². The van der Waals surface area contributed by atoms with E-state index in [-0.39, 0.29) is 21.6 Å². The fraction of sp³-hybridized carbons (Fsp3) is 0.389. The van der Waals surface area contributed by atoms with Crippen molar-refractivity contribution < 1.29 is 17.6 Å². The molecule has 0 aliphatic carbocycles. The third kappa shape index (κ3) is 3.97. The summed E-state index contributed by atoms with van der Waals surface area (Å²) in [6, 6.07) is 5.76. The van der Waals surface area contributed by atoms with Crippen LogP contribution in [0.25, 0.3) is 0 Å². The Balaban J connectivity index is 1.58. The quantitative estimate of drug-likeness (QED) is 0.759. The van der Waals surface area contributed by atoms with Crippen molar-refractivity contribution in [1.82, 2.24) is 9.62 Å². The van der Waals surface area contributed by atoms with Crippen molar-refractivity contribution in [2.24, 2.45) is 0 Å². The van der Waals surface area contributed by atoms with Gasteiger partial charge in [0.1, 0.15) is 15.6 Å². The minimum absolute atomic E-state index is 0.0616. The number of sulfonamides is 1. The summed E-state index contributed by atoms with van der Waals surface area (Å²) in [5.41, 5.74) is 0.749. The summed E-state index contributed by atoms with van der Waals surface area (Å²) < 4.78 is 41.1. The lowest BCUT2D eigenvalue weighted by molar-refractivity contribution is 0.0936. The van der Waals surface area contributed by atoms with Gasteiger partial charge in [-0.25, -0.2) is 12.8 Å². The highest BCUT2D eigenvalue weighted by Gasteiger charge is 2.32. The van der Waals surface area contributed by atoms with E-state index < -0.39 is 15.9 Å². The summed E-state index contributed by atoms with van der Waals surface area (Å²) >= 11 is 4.48. The van der Waals surface area contributed by atoms with Gasteiger partial charge >= 0.3 is 0 Å². The number of carbonyl (C=O) groups is 1. The van der Waals surface area contributed by atoms with E-state index in [1.54, 1.807) is 35.0 Å². The van der Waals surface area contributed by atoms with Crippen molar-refractivity contribution >= 4 is 50.8 Å². The standard InChI is InChI=1S/C18H19FN2O3S4/c19-12-1-2-15-13(11-12)14(3-7-26-15)20-18(22)17-16(4-8-27-17)28(23,24)21-5-9-25-10-6-21/h1-2,4,8,11,14H,3,5-7,9-10H2,(H,20,22). The number of thiophene rings is 1. The van der Waals surface area contributed by atoms with Gasteiger partial charge in [0, 0.05) is 35.2 Å². The Bertz CT molecular complexity index is 986. The highest BCUT2D eigenvalue weighted by molar-refractivity contribution is 7.99. The summed E-state index contributed by atoms with van der Waals surface area (Å²) in [4.78, 5) is 14.1. The second-order valence-corrected chi connectivity index (χ2v) is 11.7. The van der Waals surface area contributed by atoms with Gasteiger partial charge in [-0.05, 0) is 41.6 Å². The van der Waals surface area contributed by atoms with E-state index in [0.717, 1.165) is 39.1 Å². The zero-order chi connectivity index (χ0) is 19.7. The predicted octanol–water partition coefficient (Wildman–Crippen LogP) is 3.59. The first-order valence-corrected chi connectivity index (χ1v) is 13.3. The maximum Gasteiger partial charge on any atom is 0.263 e. The molecule has 1 aromatic carbocycles. The van der Waals surface area contributed by atoms with Crippen LogP contribution >= 0.6 is 34.9 Å². The first kappa shape index (κ1) is 20.2. The number of carbonyl (C=O) groups excluding carboxylic acids is 1. The minimum atomic E-state index is -3.70. The van der Waals surface area contributed by atoms with Crippen molar-refractivity contribution in [2.75, 3.05) is 30.3 Å². The van der Waals surface area contributed by atoms with E-state index in [4.69, 9.17) is 0 Å². The summed E-state index contributed by atoms with van der Waals surface area (Å²) in [7, 11) is -3.70. The normalized spacial score (nSPS) is 20.5. The fourth-order valence-electron chi connectivity index (χ4n) is 3.33. The molecular weight excluding hydrogens is 439 g/mol. The average Bonchev–Trinajstić information content (AvgIpc) is 3.20. The van der Waals surface area contributed by atoms with Crippen LogP contribution in [-0.4, -0.2) is 49.0 Å². The summed E-state index contributed by atoms with van der Waals surface area (Å²) in [6.45, 7) is 0.910. The zero-order valence-electron chi connectivity index (χ0n) is 14.9. The van der Waals surface area contributed by atoms with E-state index in [9.17, 15) is 17.6 Å². The van der Waals surface area contributed by atoms with Crippen LogP contribution in [0.15, 0.2) is 39.4 Å². The predicted molar refractivity (Wildman–Crippen MR) is 112 cm³/mol. The molecule has 0 bridgehead atoms. The van der Waals surface area contributed by atoms with Gasteiger partial charge in [-0.3, -0.25) is 4.79 Å². The van der Waals surface area contributed by atoms with E-state index >= 15 is 0 Å². The number of nitrogens with zero attached hydrogens (tertiary/aromatic N) is 1. The summed E-state index contributed by atoms with van der Waals surface area (Å²) in [5.74, 6) is 1.56. The molecule has 1 N–H and O–H groups in total. The van der Waals surface area contributed by atoms with Gasteiger partial charge in [0.05, 0.1) is 6.04 Å². The molecule has 1 amide bonds. The van der Waals surface area contributed by atoms with E-state index in [2.05, 4.69) is 5.32 Å². The molecule has 150 valence electrons. The van der Waals surface area contributed by atoms with Crippen LogP contribution in [0, 0.1) is 5.82 Å². The number of hydrogen-bond donors (Lipinski definition) is 1. The topological polar surface area (TPSA) is 66.5 Å². The monoisotopic (exact) mass is 458 g/mol. The van der Waals surface area contributed by atoms with Crippen molar-refractivity contribution in [3.63, 3.8) is 0 Å². The lowest BCUT2D eigenvalue weighted by atomic mass is 10.0. The molecule has 1 fully saturated rings. The van der Waals surface area contributed by atoms with Crippen LogP contribution < -0.4 is 5.32 Å². The van der Waals surface area contributed by atoms with Gasteiger partial charge in [-0.2, -0.15) is 16.1 Å². The first-order chi connectivity index (χ1) is 13.5. The van der Waals surface area contributed by atoms with Crippen molar-refractivity contribution in [3.05, 3.63) is 45.9 Å². The summed E-state index contributed by atoms with van der Waals surface area (Å²) in [5, 5.41) is 4.55. The SMILES string of the molecule is O=C(NC1CCSc2ccc(F)cc21)c1sccc1S(=O)(=O)N1CCSCC1. The highest BCUT2D eigenvalue weighted by atomic mass is 32.2. The number of fused-ring (bicyclic) bond motifs is 1. The largest absolute Gasteiger partial charge is 0.344 e. The number of nitrogens with one attached hydrogen (secondary N) is 1. The van der Waals surface area contributed by atoms with E-state index in [1.165, 1.54) is 22.5 Å². The molecule has 1 saturated heterocycles. The maximum absolute atomic E-state index is 13.7. The van der Waals surface area contributed by atoms with Crippen molar-refractivity contribution in [1.29, 1.82) is 0 Å². The van der Waals surface area contributed by atoms with Crippen molar-refractivity contribution in [2.45, 2.75) is 22.3 Å². The molecule has 10 heteroatoms. The first-order valence-electron chi connectivity index (χ1n) is 8.85. The molecule has 4 rings (SSSR count). The molecule has 28 heavy (non-hydrogen) atoms. The Morgan fingerprint density at radius 3 is 2.75 bits per heavy atom. The van der Waals surface area contributed by atoms with Crippen LogP contribution in [0.4, 0.5) is 4.39 Å². The van der Waals surface area contributed by atoms with Crippen LogP contribution in [0.1, 0.15) is 27.7 Å². The lowest BCUT2D eigenvalue weighted by Gasteiger charge is -2.27. The van der Waals surface area contributed by atoms with Gasteiger partial charge in [-0.15, -0.1) is 23.1 Å². The molecule has 5 nitrogen and oxygen atoms in total. The molecule has 0 spiro atoms. The summed E-state index contributed by atoms with van der Waals surface area (Å²) in [6.07, 6.45) is 0.670. The van der Waals surface area contributed by atoms with Crippen LogP contribution in [-0.2, 0) is 10.0 Å². The molecule has 1 unspecified atom stereocenters. The average molecular weight is 459 g/mol. The van der Waals surface area contributed by atoms with Gasteiger partial charge in [0.15, 0.2) is 0 Å². The van der Waals surface area contributed by atoms with Crippen molar-refractivity contribution in [3.8, 4) is 0 Å². The smallest absolute Gasteiger partial charge is 0.263 e. The van der Waals surface area contributed by atoms with Gasteiger partial charge in [0.2, 0.25) is 10.0 Å². The minimum Gasteiger partial charge on any atom is -0.344 e. The Morgan fingerprint density at radius 2 is 1.96 bits per heavy atom. The second kappa shape index (κ2) is 8.35. The third-order valence-corrected chi connectivity index (χ3v) is 9.79. The third-order valence-electron chi connectivity index (χ3n) is 4.74. The van der Waals surface area contributed by atoms with Gasteiger partial charge in [0.25, 0.3) is 5.91 Å². The molecule has 0 radical (unpaired) electrons. The Hall–Kier alpha value is -1.07. The molecular formula is C18H19FN2O3S4. The fourth-order valence-corrected chi connectivity index (χ4v) is 8.32. The van der Waals surface area contributed by atoms with Crippen LogP contribution in [0.2, 0.25) is 0 Å². The zero-order valence-corrected chi connectivity index (χ0v) is 18.2. The number of hydrogen-bond acceptors (Lipinski definition) is 6. The molecule has 1 atom stereocenters. The molecule has 3 heterocycles. The van der Waals surface area contributed by atoms with E-state index in [1.807, 2.05) is 0 Å². The Morgan fingerprint density at radius 1 is 1.18 bits per heavy atom. The number of rotatable bonds is 4. The van der Waals surface area contributed by atoms with Gasteiger partial charge in [-0.1, -0.05) is 0 Å². The van der Waals surface area contributed by atoms with E-state index in [0.29, 0.717) is 19.5 Å². The molecule has 2 aliphatic rings. The number of halogens is 1. The van der Waals surface area contributed by atoms with Crippen LogP contribution in [0.5, 0.6) is 0 Å². The molecule has 1 aromatic heterocycles. The molecule has 2 aromatic rings. The van der Waals surface area contributed by atoms with Gasteiger partial charge < -0.3 is 5.32 Å². The second-order valence-electron chi connectivity index (χ2n) is 6.48. The Labute approximate surface area is 176 Å². The maximum atomic E-state index is 13.7. The highest BCUT2D eigenvalue weighted by Crippen LogP contribution is 2.37. The number of benzene rings is 1. The lowest BCUT2D eigenvalue weighted by Crippen LogP contribution is -2.39. The Kier molecular flexibility index (Phi) is 6.03.